The Morgan fingerprint density at radius 2 is 1.71 bits per heavy atom. The SMILES string of the molecule is C=CS(=O)(=O)CCOCCCNc1nc(F)nc(Nc2ccc(N=Nc3c(N)c(S(=O)(=O)O)cc4cc(SOOO)cc(O)c34)c(SOOO)c2)n1. The predicted molar refractivity (Wildman–Crippen MR) is 183 cm³/mol. The largest absolute Gasteiger partial charge is 0.507 e. The van der Waals surface area contributed by atoms with E-state index in [0.29, 0.717) is 30.5 Å². The fraction of sp³-hybridized carbons (Fsp3) is 0.192. The van der Waals surface area contributed by atoms with E-state index in [1.807, 2.05) is 0 Å². The van der Waals surface area contributed by atoms with Gasteiger partial charge in [-0.15, -0.1) is 18.9 Å². The lowest BCUT2D eigenvalue weighted by Crippen LogP contribution is -2.13. The number of ether oxygens (including phenoxy) is 1. The van der Waals surface area contributed by atoms with Gasteiger partial charge in [-0.05, 0) is 48.2 Å². The monoisotopic (exact) mass is 806 g/mol. The molecule has 0 unspecified atom stereocenters. The van der Waals surface area contributed by atoms with Gasteiger partial charge in [0.05, 0.1) is 52.4 Å². The van der Waals surface area contributed by atoms with Crippen molar-refractivity contribution >= 4 is 89.5 Å². The van der Waals surface area contributed by atoms with Crippen LogP contribution in [0.15, 0.2) is 73.3 Å². The number of sulfone groups is 1. The van der Waals surface area contributed by atoms with E-state index in [-0.39, 0.29) is 75.0 Å². The molecule has 0 saturated heterocycles. The summed E-state index contributed by atoms with van der Waals surface area (Å²) in [7, 11) is -8.29. The Balaban J connectivity index is 1.57. The van der Waals surface area contributed by atoms with Crippen LogP contribution in [0.1, 0.15) is 6.42 Å². The number of halogens is 1. The number of hydrogen-bond acceptors (Lipinski definition) is 22. The maximum atomic E-state index is 14.2. The van der Waals surface area contributed by atoms with E-state index >= 15 is 0 Å². The first-order valence-electron chi connectivity index (χ1n) is 14.0. The van der Waals surface area contributed by atoms with Gasteiger partial charge in [-0.1, -0.05) is 16.7 Å². The number of nitrogens with two attached hydrogens (primary N) is 1. The highest BCUT2D eigenvalue weighted by Crippen LogP contribution is 2.45. The summed E-state index contributed by atoms with van der Waals surface area (Å²) in [5.41, 5.74) is 5.35. The number of rotatable bonds is 20. The van der Waals surface area contributed by atoms with Gasteiger partial charge in [-0.2, -0.15) is 27.8 Å². The molecule has 0 atom stereocenters. The van der Waals surface area contributed by atoms with Gasteiger partial charge < -0.3 is 26.2 Å². The number of nitrogen functional groups attached to an aromatic ring is 1. The molecule has 0 aliphatic rings. The van der Waals surface area contributed by atoms with Crippen LogP contribution in [0.2, 0.25) is 0 Å². The summed E-state index contributed by atoms with van der Waals surface area (Å²) in [6.45, 7) is 3.65. The van der Waals surface area contributed by atoms with Crippen LogP contribution in [-0.2, 0) is 43.4 Å². The van der Waals surface area contributed by atoms with Crippen LogP contribution in [0.5, 0.6) is 5.75 Å². The highest BCUT2D eigenvalue weighted by molar-refractivity contribution is 7.95. The topological polar surface area (TPSA) is 309 Å². The highest BCUT2D eigenvalue weighted by atomic mass is 32.2. The third kappa shape index (κ3) is 11.3. The molecule has 0 amide bonds. The summed E-state index contributed by atoms with van der Waals surface area (Å²) < 4.78 is 85.3. The molecule has 21 nitrogen and oxygen atoms in total. The number of phenolic OH excluding ortho intramolecular Hbond substituents is 1. The van der Waals surface area contributed by atoms with E-state index in [9.17, 15) is 30.9 Å². The van der Waals surface area contributed by atoms with Crippen molar-refractivity contribution < 1.29 is 64.9 Å². The number of phenols is 1. The van der Waals surface area contributed by atoms with Gasteiger partial charge in [0.25, 0.3) is 10.1 Å². The zero-order valence-corrected chi connectivity index (χ0v) is 29.3. The molecule has 0 aliphatic heterocycles. The van der Waals surface area contributed by atoms with Gasteiger partial charge in [0, 0.05) is 29.1 Å². The maximum Gasteiger partial charge on any atom is 0.315 e. The second-order valence-corrected chi connectivity index (χ2v) is 14.8. The zero-order valence-electron chi connectivity index (χ0n) is 26.1. The van der Waals surface area contributed by atoms with Crippen molar-refractivity contribution in [2.45, 2.75) is 21.1 Å². The summed E-state index contributed by atoms with van der Waals surface area (Å²) in [6, 6.07) is 7.60. The normalized spacial score (nSPS) is 12.1. The third-order valence-electron chi connectivity index (χ3n) is 6.35. The Bertz CT molecular complexity index is 2170. The smallest absolute Gasteiger partial charge is 0.315 e. The lowest BCUT2D eigenvalue weighted by atomic mass is 10.1. The molecule has 280 valence electrons. The molecule has 0 spiro atoms. The first-order chi connectivity index (χ1) is 24.7. The summed E-state index contributed by atoms with van der Waals surface area (Å²) >= 11 is 0.902. The van der Waals surface area contributed by atoms with Crippen molar-refractivity contribution in [2.75, 3.05) is 41.9 Å². The van der Waals surface area contributed by atoms with Gasteiger partial charge in [0.2, 0.25) is 11.9 Å². The lowest BCUT2D eigenvalue weighted by Gasteiger charge is -2.12. The van der Waals surface area contributed by atoms with Crippen LogP contribution in [0.3, 0.4) is 0 Å². The van der Waals surface area contributed by atoms with Crippen molar-refractivity contribution in [3.8, 4) is 5.75 Å². The zero-order chi connectivity index (χ0) is 37.9. The molecule has 3 aromatic carbocycles. The fourth-order valence-corrected chi connectivity index (χ4v) is 6.21. The van der Waals surface area contributed by atoms with Crippen LogP contribution in [0.4, 0.5) is 39.0 Å². The minimum Gasteiger partial charge on any atom is -0.507 e. The lowest BCUT2D eigenvalue weighted by molar-refractivity contribution is -0.432. The molecular formula is C26H27FN8O13S4. The number of nitrogens with zero attached hydrogens (tertiary/aromatic N) is 5. The molecule has 1 aromatic heterocycles. The van der Waals surface area contributed by atoms with Crippen LogP contribution >= 0.6 is 24.1 Å². The summed E-state index contributed by atoms with van der Waals surface area (Å²) in [5, 5.41) is 49.6. The third-order valence-corrected chi connectivity index (χ3v) is 9.68. The van der Waals surface area contributed by atoms with E-state index < -0.39 is 42.4 Å². The average Bonchev–Trinajstić information content (AvgIpc) is 3.08. The fourth-order valence-electron chi connectivity index (χ4n) is 4.13. The Labute approximate surface area is 301 Å². The van der Waals surface area contributed by atoms with Gasteiger partial charge in [-0.3, -0.25) is 4.55 Å². The number of nitrogens with one attached hydrogen (secondary N) is 2. The molecule has 0 fully saturated rings. The minimum absolute atomic E-state index is 0.00561. The Kier molecular flexibility index (Phi) is 14.3. The van der Waals surface area contributed by atoms with Crippen LogP contribution in [0.25, 0.3) is 10.8 Å². The van der Waals surface area contributed by atoms with Crippen LogP contribution in [0, 0.1) is 6.08 Å². The van der Waals surface area contributed by atoms with Gasteiger partial charge in [0.1, 0.15) is 22.0 Å². The van der Waals surface area contributed by atoms with E-state index in [4.69, 9.17) is 21.0 Å². The van der Waals surface area contributed by atoms with E-state index in [0.717, 1.165) is 17.5 Å². The first-order valence-corrected chi connectivity index (χ1v) is 18.7. The standard InChI is InChI=1S/C26H27FN8O13S4/c1-2-51(39,40)9-8-44-7-3-6-29-25-31-24(27)32-26(33-25)30-15-4-5-17(19(12-15)50-48-46-38)34-35-23-21-14(11-20(22(23)28)52(41,42)43)10-16(13-18(21)36)49-47-45-37/h2,4-5,10-13,36-38H,1,3,6-9,28H2,(H,41,42,43)(H2,29,30,31,32,33). The molecule has 0 aliphatic carbocycles. The molecule has 4 rings (SSSR count). The number of aromatic nitrogens is 3. The summed E-state index contributed by atoms with van der Waals surface area (Å²) in [6.07, 6.45) is -0.715. The van der Waals surface area contributed by atoms with Crippen molar-refractivity contribution in [3.63, 3.8) is 0 Å². The number of anilines is 4. The summed E-state index contributed by atoms with van der Waals surface area (Å²) in [5.74, 6) is -1.03. The number of aromatic hydroxyl groups is 1. The van der Waals surface area contributed by atoms with Crippen molar-refractivity contribution in [3.05, 3.63) is 54.5 Å². The number of benzene rings is 3. The van der Waals surface area contributed by atoms with Crippen molar-refractivity contribution in [2.24, 2.45) is 10.2 Å². The maximum absolute atomic E-state index is 14.2. The Hall–Kier alpha value is -4.32. The molecule has 0 radical (unpaired) electrons. The van der Waals surface area contributed by atoms with Gasteiger partial charge in [-0.25, -0.2) is 18.9 Å². The van der Waals surface area contributed by atoms with Crippen molar-refractivity contribution in [1.29, 1.82) is 0 Å². The minimum atomic E-state index is -4.91. The molecule has 52 heavy (non-hydrogen) atoms. The van der Waals surface area contributed by atoms with Gasteiger partial charge in [0.15, 0.2) is 9.84 Å². The molecule has 4 aromatic rings. The Morgan fingerprint density at radius 1 is 0.981 bits per heavy atom. The average molecular weight is 807 g/mol. The summed E-state index contributed by atoms with van der Waals surface area (Å²) in [4.78, 5) is 10.8. The number of azo groups is 1. The molecule has 0 saturated carbocycles. The molecule has 1 heterocycles. The molecule has 26 heteroatoms. The quantitative estimate of drug-likeness (QED) is 0.0116. The van der Waals surface area contributed by atoms with Crippen LogP contribution in [-0.4, -0.2) is 77.5 Å². The van der Waals surface area contributed by atoms with Gasteiger partial charge >= 0.3 is 6.08 Å². The van der Waals surface area contributed by atoms with E-state index in [2.05, 4.69) is 61.1 Å². The second-order valence-electron chi connectivity index (χ2n) is 9.79. The van der Waals surface area contributed by atoms with Crippen LogP contribution < -0.4 is 16.4 Å². The number of fused-ring (bicyclic) bond motifs is 1. The molecule has 8 N–H and O–H groups in total. The van der Waals surface area contributed by atoms with E-state index in [1.165, 1.54) is 24.3 Å². The van der Waals surface area contributed by atoms with Crippen molar-refractivity contribution in [1.82, 2.24) is 15.0 Å². The molecule has 0 bridgehead atoms. The first kappa shape index (κ1) is 40.5. The second kappa shape index (κ2) is 18.4. The Morgan fingerprint density at radius 3 is 2.42 bits per heavy atom. The number of hydrogen-bond donors (Lipinski definition) is 7. The van der Waals surface area contributed by atoms with E-state index in [1.54, 1.807) is 0 Å². The highest BCUT2D eigenvalue weighted by Gasteiger charge is 2.23. The predicted octanol–water partition coefficient (Wildman–Crippen LogP) is 5.09. The molecular weight excluding hydrogens is 780 g/mol.